The van der Waals surface area contributed by atoms with Crippen LogP contribution in [-0.4, -0.2) is 18.9 Å². The number of ether oxygens (including phenoxy) is 1. The van der Waals surface area contributed by atoms with Gasteiger partial charge in [-0.3, -0.25) is 4.79 Å². The van der Waals surface area contributed by atoms with Crippen molar-refractivity contribution in [2.45, 2.75) is 72.1 Å². The average molecular weight is 256 g/mol. The summed E-state index contributed by atoms with van der Waals surface area (Å²) in [4.78, 5) is 22.0. The van der Waals surface area contributed by atoms with Crippen molar-refractivity contribution in [2.24, 2.45) is 5.41 Å². The monoisotopic (exact) mass is 256 g/mol. The summed E-state index contributed by atoms with van der Waals surface area (Å²) in [6.07, 6.45) is 9.63. The van der Waals surface area contributed by atoms with Gasteiger partial charge in [0.1, 0.15) is 12.9 Å². The molecule has 0 aromatic heterocycles. The molecule has 0 aromatic rings. The molecule has 0 rings (SSSR count). The Morgan fingerprint density at radius 2 is 1.61 bits per heavy atom. The number of rotatable bonds is 11. The highest BCUT2D eigenvalue weighted by molar-refractivity contribution is 5.70. The molecule has 0 spiro atoms. The van der Waals surface area contributed by atoms with Gasteiger partial charge in [0.25, 0.3) is 0 Å². The Kier molecular flexibility index (Phi) is 9.62. The van der Waals surface area contributed by atoms with E-state index in [1.54, 1.807) is 13.8 Å². The molecular formula is C15H28O3. The number of carbonyl (C=O) groups is 2. The average Bonchev–Trinajstić information content (AvgIpc) is 2.35. The van der Waals surface area contributed by atoms with Crippen molar-refractivity contribution in [2.75, 3.05) is 6.61 Å². The van der Waals surface area contributed by atoms with Gasteiger partial charge in [-0.05, 0) is 20.3 Å². The van der Waals surface area contributed by atoms with Gasteiger partial charge in [0.05, 0.1) is 5.41 Å². The summed E-state index contributed by atoms with van der Waals surface area (Å²) in [5.41, 5.74) is -0.560. The van der Waals surface area contributed by atoms with Crippen molar-refractivity contribution in [3.63, 3.8) is 0 Å². The second kappa shape index (κ2) is 10.1. The third-order valence-corrected chi connectivity index (χ3v) is 2.91. The van der Waals surface area contributed by atoms with Gasteiger partial charge in [0.15, 0.2) is 0 Å². The van der Waals surface area contributed by atoms with Crippen LogP contribution in [0.1, 0.15) is 72.1 Å². The van der Waals surface area contributed by atoms with E-state index in [0.717, 1.165) is 19.1 Å². The van der Waals surface area contributed by atoms with Crippen LogP contribution in [-0.2, 0) is 14.3 Å². The lowest BCUT2D eigenvalue weighted by atomic mass is 9.98. The van der Waals surface area contributed by atoms with Crippen LogP contribution in [0.3, 0.4) is 0 Å². The van der Waals surface area contributed by atoms with E-state index in [1.807, 2.05) is 0 Å². The molecule has 0 aliphatic heterocycles. The summed E-state index contributed by atoms with van der Waals surface area (Å²) in [7, 11) is 0. The smallest absolute Gasteiger partial charge is 0.305 e. The molecule has 18 heavy (non-hydrogen) atoms. The molecule has 0 radical (unpaired) electrons. The molecule has 0 heterocycles. The predicted molar refractivity (Wildman–Crippen MR) is 73.4 cm³/mol. The Labute approximate surface area is 111 Å². The van der Waals surface area contributed by atoms with Crippen LogP contribution in [0, 0.1) is 5.41 Å². The minimum absolute atomic E-state index is 0.182. The van der Waals surface area contributed by atoms with Crippen molar-refractivity contribution in [1.29, 1.82) is 0 Å². The van der Waals surface area contributed by atoms with Crippen LogP contribution in [0.4, 0.5) is 0 Å². The number of hydrogen-bond donors (Lipinski definition) is 0. The molecule has 3 nitrogen and oxygen atoms in total. The fraction of sp³-hybridized carbons (Fsp3) is 0.867. The van der Waals surface area contributed by atoms with E-state index >= 15 is 0 Å². The fourth-order valence-corrected chi connectivity index (χ4v) is 1.60. The van der Waals surface area contributed by atoms with Crippen LogP contribution in [0.5, 0.6) is 0 Å². The lowest BCUT2D eigenvalue weighted by Crippen LogP contribution is -2.23. The molecule has 106 valence electrons. The first-order valence-corrected chi connectivity index (χ1v) is 7.14. The quantitative estimate of drug-likeness (QED) is 0.320. The fourth-order valence-electron chi connectivity index (χ4n) is 1.60. The number of unbranched alkanes of at least 4 members (excludes halogenated alkanes) is 6. The SMILES string of the molecule is CCCCCCCCCC(=O)OCC(C)(C)C=O. The Hall–Kier alpha value is -0.860. The van der Waals surface area contributed by atoms with Crippen molar-refractivity contribution < 1.29 is 14.3 Å². The van der Waals surface area contributed by atoms with Crippen LogP contribution in [0.2, 0.25) is 0 Å². The van der Waals surface area contributed by atoms with Gasteiger partial charge in [-0.2, -0.15) is 0 Å². The number of carbonyl (C=O) groups excluding carboxylic acids is 2. The zero-order valence-corrected chi connectivity index (χ0v) is 12.2. The molecule has 0 saturated heterocycles. The lowest BCUT2D eigenvalue weighted by molar-refractivity contribution is -0.147. The molecule has 0 unspecified atom stereocenters. The van der Waals surface area contributed by atoms with Crippen LogP contribution >= 0.6 is 0 Å². The summed E-state index contributed by atoms with van der Waals surface area (Å²) in [5, 5.41) is 0. The summed E-state index contributed by atoms with van der Waals surface area (Å²) in [5.74, 6) is -0.182. The first-order valence-electron chi connectivity index (χ1n) is 7.14. The zero-order chi connectivity index (χ0) is 13.9. The predicted octanol–water partition coefficient (Wildman–Crippen LogP) is 3.90. The summed E-state index contributed by atoms with van der Waals surface area (Å²) < 4.78 is 5.07. The van der Waals surface area contributed by atoms with Crippen LogP contribution < -0.4 is 0 Å². The maximum Gasteiger partial charge on any atom is 0.305 e. The van der Waals surface area contributed by atoms with Gasteiger partial charge in [0.2, 0.25) is 0 Å². The Balaban J connectivity index is 3.40. The minimum atomic E-state index is -0.560. The van der Waals surface area contributed by atoms with Gasteiger partial charge in [0, 0.05) is 6.42 Å². The van der Waals surface area contributed by atoms with Gasteiger partial charge in [-0.25, -0.2) is 0 Å². The molecule has 3 heteroatoms. The molecule has 0 fully saturated rings. The molecule has 0 atom stereocenters. The standard InChI is InChI=1S/C15H28O3/c1-4-5-6-7-8-9-10-11-14(17)18-13-15(2,3)12-16/h12H,4-11,13H2,1-3H3. The molecule has 0 bridgehead atoms. The van der Waals surface area contributed by atoms with Gasteiger partial charge in [-0.15, -0.1) is 0 Å². The van der Waals surface area contributed by atoms with Crippen LogP contribution in [0.25, 0.3) is 0 Å². The Morgan fingerprint density at radius 1 is 1.06 bits per heavy atom. The summed E-state index contributed by atoms with van der Waals surface area (Å²) >= 11 is 0. The van der Waals surface area contributed by atoms with Crippen molar-refractivity contribution in [3.8, 4) is 0 Å². The molecule has 0 aliphatic carbocycles. The van der Waals surface area contributed by atoms with Gasteiger partial charge >= 0.3 is 5.97 Å². The third-order valence-electron chi connectivity index (χ3n) is 2.91. The van der Waals surface area contributed by atoms with E-state index in [1.165, 1.54) is 32.1 Å². The largest absolute Gasteiger partial charge is 0.465 e. The zero-order valence-electron chi connectivity index (χ0n) is 12.2. The number of hydrogen-bond acceptors (Lipinski definition) is 3. The van der Waals surface area contributed by atoms with Gasteiger partial charge < -0.3 is 9.53 Å². The molecule has 0 amide bonds. The maximum absolute atomic E-state index is 11.4. The topological polar surface area (TPSA) is 43.4 Å². The normalized spacial score (nSPS) is 11.3. The second-order valence-corrected chi connectivity index (χ2v) is 5.64. The minimum Gasteiger partial charge on any atom is -0.465 e. The summed E-state index contributed by atoms with van der Waals surface area (Å²) in [6, 6.07) is 0. The second-order valence-electron chi connectivity index (χ2n) is 5.64. The lowest BCUT2D eigenvalue weighted by Gasteiger charge is -2.16. The molecule has 0 N–H and O–H groups in total. The van der Waals surface area contributed by atoms with E-state index in [2.05, 4.69) is 6.92 Å². The highest BCUT2D eigenvalue weighted by Crippen LogP contribution is 2.13. The first kappa shape index (κ1) is 17.1. The molecular weight excluding hydrogens is 228 g/mol. The Bertz CT molecular complexity index is 234. The van der Waals surface area contributed by atoms with E-state index in [0.29, 0.717) is 6.42 Å². The van der Waals surface area contributed by atoms with Gasteiger partial charge in [-0.1, -0.05) is 45.4 Å². The van der Waals surface area contributed by atoms with E-state index in [4.69, 9.17) is 4.74 Å². The highest BCUT2D eigenvalue weighted by atomic mass is 16.5. The van der Waals surface area contributed by atoms with Crippen molar-refractivity contribution >= 4 is 12.3 Å². The molecule has 0 saturated carbocycles. The van der Waals surface area contributed by atoms with E-state index in [-0.39, 0.29) is 12.6 Å². The van der Waals surface area contributed by atoms with E-state index in [9.17, 15) is 9.59 Å². The number of aldehydes is 1. The molecule has 0 aromatic carbocycles. The molecule has 0 aliphatic rings. The van der Waals surface area contributed by atoms with E-state index < -0.39 is 5.41 Å². The van der Waals surface area contributed by atoms with Crippen LogP contribution in [0.15, 0.2) is 0 Å². The maximum atomic E-state index is 11.4. The third kappa shape index (κ3) is 10.3. The number of esters is 1. The van der Waals surface area contributed by atoms with Crippen molar-refractivity contribution in [3.05, 3.63) is 0 Å². The summed E-state index contributed by atoms with van der Waals surface area (Å²) in [6.45, 7) is 5.92. The van der Waals surface area contributed by atoms with Crippen molar-refractivity contribution in [1.82, 2.24) is 0 Å². The Morgan fingerprint density at radius 3 is 2.17 bits per heavy atom. The first-order chi connectivity index (χ1) is 8.52. The highest BCUT2D eigenvalue weighted by Gasteiger charge is 2.18.